The van der Waals surface area contributed by atoms with Gasteiger partial charge in [-0.15, -0.1) is 0 Å². The summed E-state index contributed by atoms with van der Waals surface area (Å²) >= 11 is 0. The number of aromatic nitrogens is 1. The second-order valence-electron chi connectivity index (χ2n) is 7.61. The standard InChI is InChI=1S/C21H27NOSi/c1-14-11-12-17-18(15(14)2)19(21(3,4)5)20(23-24)22(17)13-16-9-7-6-8-10-16/h6-12H,13H2,1-5,24H3. The average Bonchev–Trinajstić information content (AvgIpc) is 2.86. The molecular weight excluding hydrogens is 310 g/mol. The molecular formula is C21H27NOSi. The summed E-state index contributed by atoms with van der Waals surface area (Å²) in [5, 5.41) is 1.37. The maximum Gasteiger partial charge on any atom is 0.206 e. The lowest BCUT2D eigenvalue weighted by molar-refractivity contribution is 0.501. The maximum absolute atomic E-state index is 6.06. The van der Waals surface area contributed by atoms with Crippen molar-refractivity contribution in [1.82, 2.24) is 4.57 Å². The predicted molar refractivity (Wildman–Crippen MR) is 106 cm³/mol. The molecule has 0 fully saturated rings. The van der Waals surface area contributed by atoms with E-state index in [4.69, 9.17) is 4.43 Å². The lowest BCUT2D eigenvalue weighted by Gasteiger charge is -2.21. The lowest BCUT2D eigenvalue weighted by Crippen LogP contribution is -2.14. The molecule has 0 unspecified atom stereocenters. The van der Waals surface area contributed by atoms with Crippen LogP contribution >= 0.6 is 0 Å². The molecule has 0 radical (unpaired) electrons. The Morgan fingerprint density at radius 2 is 1.67 bits per heavy atom. The average molecular weight is 338 g/mol. The number of benzene rings is 2. The van der Waals surface area contributed by atoms with Gasteiger partial charge in [-0.1, -0.05) is 57.2 Å². The summed E-state index contributed by atoms with van der Waals surface area (Å²) in [6, 6.07) is 15.1. The predicted octanol–water partition coefficient (Wildman–Crippen LogP) is 4.26. The fraction of sp³-hybridized carbons (Fsp3) is 0.333. The molecule has 3 heteroatoms. The molecule has 0 aliphatic carbocycles. The monoisotopic (exact) mass is 337 g/mol. The molecule has 0 aliphatic heterocycles. The molecule has 126 valence electrons. The quantitative estimate of drug-likeness (QED) is 0.651. The first kappa shape index (κ1) is 16.8. The van der Waals surface area contributed by atoms with E-state index in [0.29, 0.717) is 10.5 Å². The number of hydrogen-bond acceptors (Lipinski definition) is 1. The number of rotatable bonds is 3. The Bertz CT molecular complexity index is 872. The van der Waals surface area contributed by atoms with Crippen molar-refractivity contribution in [3.05, 3.63) is 64.7 Å². The molecule has 0 N–H and O–H groups in total. The van der Waals surface area contributed by atoms with Gasteiger partial charge in [0.15, 0.2) is 5.88 Å². The number of nitrogens with zero attached hydrogens (tertiary/aromatic N) is 1. The second kappa shape index (κ2) is 6.13. The number of hydrogen-bond donors (Lipinski definition) is 0. The summed E-state index contributed by atoms with van der Waals surface area (Å²) < 4.78 is 8.41. The molecule has 2 nitrogen and oxygen atoms in total. The third-order valence-corrected chi connectivity index (χ3v) is 5.23. The van der Waals surface area contributed by atoms with Gasteiger partial charge in [-0.05, 0) is 42.0 Å². The Balaban J connectivity index is 2.35. The molecule has 0 saturated carbocycles. The Morgan fingerprint density at radius 3 is 2.25 bits per heavy atom. The van der Waals surface area contributed by atoms with Gasteiger partial charge in [0, 0.05) is 10.9 Å². The van der Waals surface area contributed by atoms with Crippen LogP contribution in [-0.4, -0.2) is 15.1 Å². The topological polar surface area (TPSA) is 14.2 Å². The highest BCUT2D eigenvalue weighted by molar-refractivity contribution is 6.01. The molecule has 3 aromatic rings. The van der Waals surface area contributed by atoms with Crippen molar-refractivity contribution < 1.29 is 4.43 Å². The van der Waals surface area contributed by atoms with E-state index in [0.717, 1.165) is 12.4 Å². The molecule has 0 atom stereocenters. The van der Waals surface area contributed by atoms with Crippen LogP contribution in [0.3, 0.4) is 0 Å². The molecule has 0 saturated heterocycles. The maximum atomic E-state index is 6.06. The molecule has 0 amide bonds. The molecule has 0 bridgehead atoms. The van der Waals surface area contributed by atoms with Crippen LogP contribution < -0.4 is 4.43 Å². The Kier molecular flexibility index (Phi) is 4.30. The zero-order valence-corrected chi connectivity index (χ0v) is 17.6. The zero-order chi connectivity index (χ0) is 17.5. The van der Waals surface area contributed by atoms with Crippen molar-refractivity contribution in [2.75, 3.05) is 0 Å². The largest absolute Gasteiger partial charge is 0.541 e. The van der Waals surface area contributed by atoms with E-state index in [2.05, 4.69) is 81.7 Å². The summed E-state index contributed by atoms with van der Waals surface area (Å²) in [5.74, 6) is 1.04. The van der Waals surface area contributed by atoms with Crippen LogP contribution in [0.25, 0.3) is 10.9 Å². The van der Waals surface area contributed by atoms with Crippen LogP contribution in [0.15, 0.2) is 42.5 Å². The Morgan fingerprint density at radius 1 is 1.00 bits per heavy atom. The van der Waals surface area contributed by atoms with E-state index >= 15 is 0 Å². The first-order chi connectivity index (χ1) is 11.3. The van der Waals surface area contributed by atoms with Crippen molar-refractivity contribution in [2.45, 2.75) is 46.6 Å². The minimum atomic E-state index is 0.0402. The van der Waals surface area contributed by atoms with Crippen molar-refractivity contribution in [2.24, 2.45) is 0 Å². The zero-order valence-electron chi connectivity index (χ0n) is 15.6. The van der Waals surface area contributed by atoms with Crippen LogP contribution in [0, 0.1) is 13.8 Å². The Labute approximate surface area is 148 Å². The van der Waals surface area contributed by atoms with E-state index in [9.17, 15) is 0 Å². The van der Waals surface area contributed by atoms with E-state index < -0.39 is 0 Å². The highest BCUT2D eigenvalue weighted by atomic mass is 28.2. The van der Waals surface area contributed by atoms with Crippen LogP contribution in [0.5, 0.6) is 5.88 Å². The number of aryl methyl sites for hydroxylation is 2. The third kappa shape index (κ3) is 2.77. The molecule has 1 heterocycles. The first-order valence-electron chi connectivity index (χ1n) is 8.55. The van der Waals surface area contributed by atoms with Crippen molar-refractivity contribution in [3.63, 3.8) is 0 Å². The molecule has 3 rings (SSSR count). The summed E-state index contributed by atoms with van der Waals surface area (Å²) in [6.07, 6.45) is 0. The second-order valence-corrected chi connectivity index (χ2v) is 8.02. The molecule has 0 spiro atoms. The van der Waals surface area contributed by atoms with E-state index in [1.165, 1.54) is 33.2 Å². The first-order valence-corrected chi connectivity index (χ1v) is 9.37. The SMILES string of the molecule is Cc1ccc2c(c1C)c(C(C)(C)C)c(O[SiH3])n2Cc1ccccc1. The molecule has 2 aromatic carbocycles. The van der Waals surface area contributed by atoms with Crippen LogP contribution in [0.4, 0.5) is 0 Å². The molecule has 24 heavy (non-hydrogen) atoms. The van der Waals surface area contributed by atoms with Crippen LogP contribution in [0.2, 0.25) is 0 Å². The summed E-state index contributed by atoms with van der Waals surface area (Å²) in [7, 11) is 0.688. The van der Waals surface area contributed by atoms with Gasteiger partial charge in [0.2, 0.25) is 10.5 Å². The van der Waals surface area contributed by atoms with E-state index in [-0.39, 0.29) is 5.41 Å². The van der Waals surface area contributed by atoms with Crippen LogP contribution in [0.1, 0.15) is 43.0 Å². The van der Waals surface area contributed by atoms with Gasteiger partial charge in [-0.2, -0.15) is 0 Å². The van der Waals surface area contributed by atoms with Gasteiger partial charge in [-0.3, -0.25) is 0 Å². The Hall–Kier alpha value is -2.00. The smallest absolute Gasteiger partial charge is 0.206 e. The normalized spacial score (nSPS) is 12.0. The summed E-state index contributed by atoms with van der Waals surface area (Å²) in [4.78, 5) is 0. The van der Waals surface area contributed by atoms with Gasteiger partial charge < -0.3 is 8.99 Å². The number of fused-ring (bicyclic) bond motifs is 1. The molecule has 1 aromatic heterocycles. The van der Waals surface area contributed by atoms with E-state index in [1.807, 2.05) is 0 Å². The van der Waals surface area contributed by atoms with Gasteiger partial charge in [-0.25, -0.2) is 0 Å². The van der Waals surface area contributed by atoms with Gasteiger partial charge in [0.25, 0.3) is 0 Å². The fourth-order valence-electron chi connectivity index (χ4n) is 3.52. The summed E-state index contributed by atoms with van der Waals surface area (Å²) in [5.41, 5.74) is 6.66. The van der Waals surface area contributed by atoms with Gasteiger partial charge in [0.1, 0.15) is 0 Å². The van der Waals surface area contributed by atoms with Gasteiger partial charge in [0.05, 0.1) is 12.1 Å². The lowest BCUT2D eigenvalue weighted by atomic mass is 9.84. The van der Waals surface area contributed by atoms with Crippen LogP contribution in [-0.2, 0) is 12.0 Å². The van der Waals surface area contributed by atoms with Gasteiger partial charge >= 0.3 is 0 Å². The molecule has 0 aliphatic rings. The van der Waals surface area contributed by atoms with Crippen molar-refractivity contribution in [1.29, 1.82) is 0 Å². The third-order valence-electron chi connectivity index (χ3n) is 4.84. The van der Waals surface area contributed by atoms with Crippen molar-refractivity contribution >= 4 is 21.4 Å². The minimum Gasteiger partial charge on any atom is -0.541 e. The highest BCUT2D eigenvalue weighted by Crippen LogP contribution is 2.42. The highest BCUT2D eigenvalue weighted by Gasteiger charge is 2.28. The van der Waals surface area contributed by atoms with Crippen molar-refractivity contribution in [3.8, 4) is 5.88 Å². The van der Waals surface area contributed by atoms with E-state index in [1.54, 1.807) is 0 Å². The minimum absolute atomic E-state index is 0.0402. The fourth-order valence-corrected chi connectivity index (χ4v) is 3.95. The summed E-state index contributed by atoms with van der Waals surface area (Å²) in [6.45, 7) is 12.1.